The topological polar surface area (TPSA) is 49.9 Å². The van der Waals surface area contributed by atoms with Crippen molar-refractivity contribution in [3.05, 3.63) is 96.3 Å². The Morgan fingerprint density at radius 2 is 1.71 bits per heavy atom. The van der Waals surface area contributed by atoms with Crippen LogP contribution < -0.4 is 10.1 Å². The van der Waals surface area contributed by atoms with E-state index in [4.69, 9.17) is 4.74 Å². The third-order valence-corrected chi connectivity index (χ3v) is 5.77. The van der Waals surface area contributed by atoms with E-state index in [1.807, 2.05) is 24.4 Å². The zero-order chi connectivity index (χ0) is 21.0. The van der Waals surface area contributed by atoms with Crippen LogP contribution in [0, 0.1) is 0 Å². The van der Waals surface area contributed by atoms with Crippen LogP contribution in [-0.2, 0) is 12.8 Å². The Kier molecular flexibility index (Phi) is 5.28. The number of benzene rings is 3. The van der Waals surface area contributed by atoms with E-state index in [0.29, 0.717) is 0 Å². The number of hydrogen-bond acceptors (Lipinski definition) is 3. The van der Waals surface area contributed by atoms with Crippen molar-refractivity contribution in [2.45, 2.75) is 19.3 Å². The van der Waals surface area contributed by atoms with Crippen molar-refractivity contribution in [2.24, 2.45) is 0 Å². The van der Waals surface area contributed by atoms with E-state index >= 15 is 0 Å². The van der Waals surface area contributed by atoms with Gasteiger partial charge in [0.05, 0.1) is 7.11 Å². The quantitative estimate of drug-likeness (QED) is 0.318. The third kappa shape index (κ3) is 3.97. The van der Waals surface area contributed by atoms with Crippen LogP contribution in [0.5, 0.6) is 5.75 Å². The number of ether oxygens (including phenoxy) is 1. The number of hydrogen-bond donors (Lipinski definition) is 2. The Bertz CT molecular complexity index is 1320. The Morgan fingerprint density at radius 3 is 2.58 bits per heavy atom. The van der Waals surface area contributed by atoms with Crippen LogP contribution in [-0.4, -0.2) is 17.1 Å². The first-order chi connectivity index (χ1) is 15.3. The molecule has 2 N–H and O–H groups in total. The first kappa shape index (κ1) is 19.2. The van der Waals surface area contributed by atoms with Crippen molar-refractivity contribution < 1.29 is 4.74 Å². The fraction of sp³-hybridized carbons (Fsp3) is 0.148. The van der Waals surface area contributed by atoms with E-state index in [2.05, 4.69) is 76.1 Å². The van der Waals surface area contributed by atoms with Crippen LogP contribution in [0.1, 0.15) is 17.5 Å². The molecule has 0 fully saturated rings. The first-order valence-electron chi connectivity index (χ1n) is 10.6. The second-order valence-corrected chi connectivity index (χ2v) is 7.75. The molecule has 2 aromatic heterocycles. The molecule has 0 saturated heterocycles. The number of nitrogens with one attached hydrogen (secondary N) is 2. The number of pyridine rings is 1. The van der Waals surface area contributed by atoms with Gasteiger partial charge >= 0.3 is 0 Å². The summed E-state index contributed by atoms with van der Waals surface area (Å²) in [6, 6.07) is 25.2. The van der Waals surface area contributed by atoms with Gasteiger partial charge in [-0.3, -0.25) is 4.98 Å². The highest BCUT2D eigenvalue weighted by Crippen LogP contribution is 2.30. The number of aromatic nitrogens is 2. The number of methoxy groups -OCH3 is 1. The van der Waals surface area contributed by atoms with Gasteiger partial charge in [-0.1, -0.05) is 42.5 Å². The van der Waals surface area contributed by atoms with Gasteiger partial charge < -0.3 is 15.0 Å². The van der Waals surface area contributed by atoms with E-state index in [1.165, 1.54) is 22.0 Å². The summed E-state index contributed by atoms with van der Waals surface area (Å²) in [4.78, 5) is 7.84. The molecular formula is C27H25N3O. The zero-order valence-electron chi connectivity index (χ0n) is 17.6. The lowest BCUT2D eigenvalue weighted by molar-refractivity contribution is 0.419. The van der Waals surface area contributed by atoms with Gasteiger partial charge in [0.2, 0.25) is 0 Å². The van der Waals surface area contributed by atoms with Crippen molar-refractivity contribution in [1.82, 2.24) is 9.97 Å². The molecule has 0 aliphatic rings. The number of anilines is 2. The summed E-state index contributed by atoms with van der Waals surface area (Å²) in [6.45, 7) is 0. The molecule has 0 amide bonds. The number of aryl methyl sites for hydroxylation is 2. The van der Waals surface area contributed by atoms with E-state index in [9.17, 15) is 0 Å². The fourth-order valence-electron chi connectivity index (χ4n) is 4.15. The molecule has 0 unspecified atom stereocenters. The molecule has 4 heteroatoms. The van der Waals surface area contributed by atoms with Gasteiger partial charge in [0.15, 0.2) is 0 Å². The Balaban J connectivity index is 1.25. The number of aromatic amines is 1. The normalized spacial score (nSPS) is 11.1. The van der Waals surface area contributed by atoms with Crippen LogP contribution in [0.25, 0.3) is 21.8 Å². The zero-order valence-corrected chi connectivity index (χ0v) is 17.6. The highest BCUT2D eigenvalue weighted by Gasteiger charge is 2.07. The summed E-state index contributed by atoms with van der Waals surface area (Å²) in [7, 11) is 1.67. The highest BCUT2D eigenvalue weighted by molar-refractivity contribution is 5.96. The van der Waals surface area contributed by atoms with Gasteiger partial charge in [-0.05, 0) is 60.7 Å². The summed E-state index contributed by atoms with van der Waals surface area (Å²) < 4.78 is 5.44. The predicted molar refractivity (Wildman–Crippen MR) is 128 cm³/mol. The van der Waals surface area contributed by atoms with Crippen LogP contribution in [0.15, 0.2) is 85.2 Å². The smallest absolute Gasteiger partial charge is 0.145 e. The Labute approximate surface area is 181 Å². The third-order valence-electron chi connectivity index (χ3n) is 5.77. The van der Waals surface area contributed by atoms with Crippen molar-refractivity contribution in [2.75, 3.05) is 12.4 Å². The standard InChI is InChI=1S/C27H25N3O/c1-31-26-11-5-9-23-25(16-17-28-27(23)26)30-21-14-12-19(13-15-21)6-4-7-20-18-29-24-10-3-2-8-22(20)24/h2-3,5,8-18,29H,4,6-7H2,1H3,(H,28,30). The molecule has 2 heterocycles. The lowest BCUT2D eigenvalue weighted by Gasteiger charge is -2.12. The van der Waals surface area contributed by atoms with Crippen molar-refractivity contribution in [1.29, 1.82) is 0 Å². The van der Waals surface area contributed by atoms with Gasteiger partial charge in [-0.2, -0.15) is 0 Å². The molecule has 0 aliphatic carbocycles. The fourth-order valence-corrected chi connectivity index (χ4v) is 4.15. The molecule has 0 atom stereocenters. The molecular weight excluding hydrogens is 382 g/mol. The van der Waals surface area contributed by atoms with Gasteiger partial charge in [-0.25, -0.2) is 0 Å². The molecule has 0 spiro atoms. The molecule has 5 rings (SSSR count). The van der Waals surface area contributed by atoms with Crippen molar-refractivity contribution >= 4 is 33.2 Å². The van der Waals surface area contributed by atoms with Crippen molar-refractivity contribution in [3.63, 3.8) is 0 Å². The summed E-state index contributed by atoms with van der Waals surface area (Å²) >= 11 is 0. The minimum atomic E-state index is 0.784. The molecule has 31 heavy (non-hydrogen) atoms. The average Bonchev–Trinajstić information content (AvgIpc) is 3.23. The highest BCUT2D eigenvalue weighted by atomic mass is 16.5. The second-order valence-electron chi connectivity index (χ2n) is 7.75. The number of nitrogens with zero attached hydrogens (tertiary/aromatic N) is 1. The second kappa shape index (κ2) is 8.52. The molecule has 0 aliphatic heterocycles. The van der Waals surface area contributed by atoms with Gasteiger partial charge in [0, 0.05) is 40.1 Å². The molecule has 154 valence electrons. The number of fused-ring (bicyclic) bond motifs is 2. The van der Waals surface area contributed by atoms with Gasteiger partial charge in [0.1, 0.15) is 11.3 Å². The number of H-pyrrole nitrogens is 1. The molecule has 4 nitrogen and oxygen atoms in total. The summed E-state index contributed by atoms with van der Waals surface area (Å²) in [5, 5.41) is 5.91. The molecule has 0 bridgehead atoms. The minimum Gasteiger partial charge on any atom is -0.494 e. The van der Waals surface area contributed by atoms with Crippen molar-refractivity contribution in [3.8, 4) is 5.75 Å². The lowest BCUT2D eigenvalue weighted by atomic mass is 10.0. The maximum absolute atomic E-state index is 5.44. The molecule has 5 aromatic rings. The largest absolute Gasteiger partial charge is 0.494 e. The van der Waals surface area contributed by atoms with Crippen LogP contribution >= 0.6 is 0 Å². The van der Waals surface area contributed by atoms with E-state index in [0.717, 1.165) is 47.3 Å². The van der Waals surface area contributed by atoms with Gasteiger partial charge in [0.25, 0.3) is 0 Å². The molecule has 3 aromatic carbocycles. The SMILES string of the molecule is COc1cccc2c(Nc3ccc(CCCc4c[nH]c5ccccc45)cc3)ccnc12. The van der Waals surface area contributed by atoms with Crippen LogP contribution in [0.4, 0.5) is 11.4 Å². The lowest BCUT2D eigenvalue weighted by Crippen LogP contribution is -1.95. The maximum Gasteiger partial charge on any atom is 0.145 e. The summed E-state index contributed by atoms with van der Waals surface area (Å²) in [5.41, 5.74) is 6.92. The Morgan fingerprint density at radius 1 is 0.871 bits per heavy atom. The predicted octanol–water partition coefficient (Wildman–Crippen LogP) is 6.64. The molecule has 0 radical (unpaired) electrons. The van der Waals surface area contributed by atoms with E-state index < -0.39 is 0 Å². The maximum atomic E-state index is 5.44. The molecule has 0 saturated carbocycles. The summed E-state index contributed by atoms with van der Waals surface area (Å²) in [6.07, 6.45) is 7.23. The average molecular weight is 408 g/mol. The van der Waals surface area contributed by atoms with Gasteiger partial charge in [-0.15, -0.1) is 0 Å². The van der Waals surface area contributed by atoms with E-state index in [-0.39, 0.29) is 0 Å². The number of para-hydroxylation sites is 2. The monoisotopic (exact) mass is 407 g/mol. The van der Waals surface area contributed by atoms with Crippen LogP contribution in [0.2, 0.25) is 0 Å². The minimum absolute atomic E-state index is 0.784. The Hall–Kier alpha value is -3.79. The summed E-state index contributed by atoms with van der Waals surface area (Å²) in [5.74, 6) is 0.784. The van der Waals surface area contributed by atoms with Crippen LogP contribution in [0.3, 0.4) is 0 Å². The van der Waals surface area contributed by atoms with E-state index in [1.54, 1.807) is 7.11 Å². The number of rotatable bonds is 7. The first-order valence-corrected chi connectivity index (χ1v) is 10.6.